The van der Waals surface area contributed by atoms with Crippen molar-refractivity contribution in [3.63, 3.8) is 0 Å². The van der Waals surface area contributed by atoms with E-state index in [1.165, 1.54) is 5.56 Å². The Morgan fingerprint density at radius 2 is 1.83 bits per heavy atom. The number of halogens is 1. The van der Waals surface area contributed by atoms with Crippen LogP contribution < -0.4 is 10.2 Å². The molecule has 1 atom stereocenters. The molecular formula is C26H40ClN5O3S. The minimum Gasteiger partial charge on any atom is -0.495 e. The van der Waals surface area contributed by atoms with E-state index in [9.17, 15) is 0 Å². The SMILES string of the molecule is COc1ccc(C(C)(C)CC(C)(C)C)cc1SOONCC(C)c1nc2c(Cl)c(C(C)(C)C)[nH]n2n1. The van der Waals surface area contributed by atoms with Crippen molar-refractivity contribution in [2.45, 2.75) is 90.4 Å². The van der Waals surface area contributed by atoms with Gasteiger partial charge in [0.25, 0.3) is 0 Å². The largest absolute Gasteiger partial charge is 0.495 e. The number of nitrogens with zero attached hydrogens (tertiary/aromatic N) is 3. The predicted octanol–water partition coefficient (Wildman–Crippen LogP) is 6.99. The fourth-order valence-corrected chi connectivity index (χ4v) is 5.45. The number of hydrogen-bond acceptors (Lipinski definition) is 7. The van der Waals surface area contributed by atoms with Crippen molar-refractivity contribution in [2.24, 2.45) is 5.41 Å². The molecule has 0 bridgehead atoms. The van der Waals surface area contributed by atoms with Gasteiger partial charge in [-0.1, -0.05) is 80.0 Å². The van der Waals surface area contributed by atoms with Gasteiger partial charge in [-0.05, 0) is 34.9 Å². The molecule has 10 heteroatoms. The first-order valence-corrected chi connectivity index (χ1v) is 13.3. The van der Waals surface area contributed by atoms with Crippen LogP contribution in [0.2, 0.25) is 5.02 Å². The third kappa shape index (κ3) is 6.95. The number of aromatic amines is 1. The molecule has 0 aliphatic carbocycles. The maximum absolute atomic E-state index is 6.53. The lowest BCUT2D eigenvalue weighted by Gasteiger charge is -2.33. The lowest BCUT2D eigenvalue weighted by molar-refractivity contribution is -0.245. The Kier molecular flexibility index (Phi) is 8.72. The minimum atomic E-state index is -0.125. The Hall–Kier alpha value is -1.78. The van der Waals surface area contributed by atoms with Gasteiger partial charge < -0.3 is 4.74 Å². The number of H-pyrrole nitrogens is 1. The summed E-state index contributed by atoms with van der Waals surface area (Å²) in [6, 6.07) is 6.20. The summed E-state index contributed by atoms with van der Waals surface area (Å²) in [4.78, 5) is 10.7. The maximum Gasteiger partial charge on any atom is 0.194 e. The van der Waals surface area contributed by atoms with Crippen LogP contribution in [0.4, 0.5) is 0 Å². The zero-order chi connectivity index (χ0) is 26.9. The van der Waals surface area contributed by atoms with Gasteiger partial charge in [0.05, 0.1) is 29.7 Å². The Balaban J connectivity index is 1.56. The van der Waals surface area contributed by atoms with Crippen molar-refractivity contribution in [3.05, 3.63) is 40.3 Å². The molecule has 0 fully saturated rings. The van der Waals surface area contributed by atoms with Crippen molar-refractivity contribution in [2.75, 3.05) is 13.7 Å². The highest BCUT2D eigenvalue weighted by Gasteiger charge is 2.28. The molecule has 8 nitrogen and oxygen atoms in total. The van der Waals surface area contributed by atoms with Crippen LogP contribution in [0.15, 0.2) is 23.1 Å². The average Bonchev–Trinajstić information content (AvgIpc) is 3.31. The van der Waals surface area contributed by atoms with Gasteiger partial charge in [0.1, 0.15) is 10.8 Å². The van der Waals surface area contributed by atoms with Crippen LogP contribution in [0, 0.1) is 5.41 Å². The average molecular weight is 538 g/mol. The van der Waals surface area contributed by atoms with Crippen LogP contribution in [0.25, 0.3) is 5.65 Å². The number of nitrogens with one attached hydrogen (secondary N) is 2. The molecule has 3 aromatic rings. The topological polar surface area (TPSA) is 85.7 Å². The van der Waals surface area contributed by atoms with E-state index >= 15 is 0 Å². The third-order valence-corrected chi connectivity index (χ3v) is 6.96. The first kappa shape index (κ1) is 28.8. The number of aromatic nitrogens is 4. The Labute approximate surface area is 223 Å². The van der Waals surface area contributed by atoms with Crippen LogP contribution in [-0.4, -0.2) is 33.5 Å². The number of benzene rings is 1. The fraction of sp³-hybridized carbons (Fsp3) is 0.615. The summed E-state index contributed by atoms with van der Waals surface area (Å²) in [6.45, 7) is 20.0. The van der Waals surface area contributed by atoms with Gasteiger partial charge in [0.2, 0.25) is 0 Å². The summed E-state index contributed by atoms with van der Waals surface area (Å²) < 4.78 is 12.5. The van der Waals surface area contributed by atoms with E-state index in [1.807, 2.05) is 13.0 Å². The summed E-state index contributed by atoms with van der Waals surface area (Å²) in [5.74, 6) is 1.36. The second-order valence-corrected chi connectivity index (χ2v) is 13.3. The number of rotatable bonds is 10. The number of fused-ring (bicyclic) bond motifs is 1. The highest BCUT2D eigenvalue weighted by molar-refractivity contribution is 7.94. The lowest BCUT2D eigenvalue weighted by Crippen LogP contribution is -2.24. The monoisotopic (exact) mass is 537 g/mol. The van der Waals surface area contributed by atoms with E-state index in [0.29, 0.717) is 23.0 Å². The van der Waals surface area contributed by atoms with E-state index in [-0.39, 0.29) is 22.2 Å². The van der Waals surface area contributed by atoms with Gasteiger partial charge in [0.15, 0.2) is 11.5 Å². The molecule has 0 radical (unpaired) electrons. The number of ether oxygens (including phenoxy) is 1. The van der Waals surface area contributed by atoms with Gasteiger partial charge in [-0.3, -0.25) is 5.10 Å². The van der Waals surface area contributed by atoms with Gasteiger partial charge in [0, 0.05) is 17.9 Å². The van der Waals surface area contributed by atoms with Gasteiger partial charge >= 0.3 is 0 Å². The molecule has 200 valence electrons. The van der Waals surface area contributed by atoms with Crippen LogP contribution >= 0.6 is 23.6 Å². The molecule has 0 saturated heterocycles. The third-order valence-electron chi connectivity index (χ3n) is 5.97. The number of hydrogen-bond donors (Lipinski definition) is 2. The normalized spacial score (nSPS) is 14.0. The van der Waals surface area contributed by atoms with Gasteiger partial charge in [-0.2, -0.15) is 10.1 Å². The quantitative estimate of drug-likeness (QED) is 0.125. The first-order chi connectivity index (χ1) is 16.6. The van der Waals surface area contributed by atoms with Gasteiger partial charge in [-0.15, -0.1) is 14.4 Å². The Bertz CT molecular complexity index is 1180. The zero-order valence-corrected chi connectivity index (χ0v) is 24.6. The van der Waals surface area contributed by atoms with E-state index in [2.05, 4.69) is 88.2 Å². The van der Waals surface area contributed by atoms with Crippen molar-refractivity contribution >= 4 is 29.3 Å². The molecule has 0 spiro atoms. The fourth-order valence-electron chi connectivity index (χ4n) is 4.44. The summed E-state index contributed by atoms with van der Waals surface area (Å²) in [5.41, 5.74) is 5.69. The first-order valence-electron chi connectivity index (χ1n) is 12.2. The molecule has 2 heterocycles. The number of methoxy groups -OCH3 is 1. The minimum absolute atomic E-state index is 0.00674. The van der Waals surface area contributed by atoms with E-state index in [4.69, 9.17) is 25.7 Å². The van der Waals surface area contributed by atoms with E-state index in [1.54, 1.807) is 11.7 Å². The molecule has 3 rings (SSSR count). The van der Waals surface area contributed by atoms with Crippen LogP contribution in [0.3, 0.4) is 0 Å². The second-order valence-electron chi connectivity index (χ2n) is 12.2. The summed E-state index contributed by atoms with van der Waals surface area (Å²) >= 11 is 7.64. The highest BCUT2D eigenvalue weighted by atomic mass is 35.5. The highest BCUT2D eigenvalue weighted by Crippen LogP contribution is 2.40. The van der Waals surface area contributed by atoms with Crippen LogP contribution in [-0.2, 0) is 20.2 Å². The van der Waals surface area contributed by atoms with Crippen molar-refractivity contribution < 1.29 is 14.1 Å². The van der Waals surface area contributed by atoms with E-state index < -0.39 is 0 Å². The van der Waals surface area contributed by atoms with Crippen LogP contribution in [0.1, 0.15) is 91.7 Å². The standard InChI is InChI=1S/C26H40ClN5O3S/c1-16(22-29-23-20(27)21(25(5,6)7)30-32(23)31-22)14-28-34-35-36-19-13-17(11-12-18(19)33-10)26(8,9)15-24(2,3)4/h11-13,16,28,30H,14-15H2,1-10H3. The molecule has 2 N–H and O–H groups in total. The molecule has 36 heavy (non-hydrogen) atoms. The molecule has 2 aromatic heterocycles. The summed E-state index contributed by atoms with van der Waals surface area (Å²) in [6.07, 6.45) is 1.05. The Morgan fingerprint density at radius 3 is 2.42 bits per heavy atom. The molecule has 0 amide bonds. The smallest absolute Gasteiger partial charge is 0.194 e. The predicted molar refractivity (Wildman–Crippen MR) is 146 cm³/mol. The van der Waals surface area contributed by atoms with Crippen LogP contribution in [0.5, 0.6) is 5.75 Å². The second kappa shape index (κ2) is 10.9. The molecule has 1 aromatic carbocycles. The summed E-state index contributed by atoms with van der Waals surface area (Å²) in [7, 11) is 1.65. The van der Waals surface area contributed by atoms with Gasteiger partial charge in [-0.25, -0.2) is 4.98 Å². The molecule has 0 aliphatic heterocycles. The van der Waals surface area contributed by atoms with Crippen molar-refractivity contribution in [3.8, 4) is 5.75 Å². The molecule has 1 unspecified atom stereocenters. The maximum atomic E-state index is 6.53. The molecular weight excluding hydrogens is 498 g/mol. The molecule has 0 saturated carbocycles. The van der Waals surface area contributed by atoms with E-state index in [0.717, 1.165) is 34.8 Å². The van der Waals surface area contributed by atoms with Crippen molar-refractivity contribution in [1.82, 2.24) is 25.3 Å². The summed E-state index contributed by atoms with van der Waals surface area (Å²) in [5, 5.41) is 8.37. The zero-order valence-electron chi connectivity index (χ0n) is 23.1. The lowest BCUT2D eigenvalue weighted by atomic mass is 9.72. The number of hydroxylamine groups is 1. The molecule has 0 aliphatic rings. The van der Waals surface area contributed by atoms with Crippen molar-refractivity contribution in [1.29, 1.82) is 0 Å². The Morgan fingerprint density at radius 1 is 1.14 bits per heavy atom.